The Hall–Kier alpha value is -1.55. The number of hydroxylamine groups is 2. The van der Waals surface area contributed by atoms with Crippen LogP contribution in [0.1, 0.15) is 68.6 Å². The lowest BCUT2D eigenvalue weighted by Crippen LogP contribution is -2.45. The highest BCUT2D eigenvalue weighted by atomic mass is 16.7. The largest absolute Gasteiger partial charge is 0.368 e. The number of hydrogen-bond donors (Lipinski definition) is 1. The van der Waals surface area contributed by atoms with E-state index in [0.717, 1.165) is 18.3 Å². The van der Waals surface area contributed by atoms with Gasteiger partial charge >= 0.3 is 0 Å². The molecule has 1 unspecified atom stereocenters. The Bertz CT molecular complexity index is 746. The first-order chi connectivity index (χ1) is 12.5. The standard InChI is InChI=1S/C22H31N3O/c1-15-9-11-21(12-10-15)14-18-8-7-17(6-5-16-3-4-16)13-19(18)22(21)24-20(23)25(2)26-22/h7-8,13,15-16H,3-6,9-12,14H2,1-2H3,(H2,23,24). The van der Waals surface area contributed by atoms with Crippen molar-refractivity contribution in [1.82, 2.24) is 5.06 Å². The van der Waals surface area contributed by atoms with E-state index in [1.807, 2.05) is 7.05 Å². The molecule has 4 nitrogen and oxygen atoms in total. The smallest absolute Gasteiger partial charge is 0.220 e. The van der Waals surface area contributed by atoms with Gasteiger partial charge in [-0.15, -0.1) is 0 Å². The Kier molecular flexibility index (Phi) is 3.66. The van der Waals surface area contributed by atoms with Gasteiger partial charge in [-0.25, -0.2) is 14.9 Å². The van der Waals surface area contributed by atoms with Gasteiger partial charge in [-0.1, -0.05) is 38.0 Å². The SMILES string of the molecule is CC1CCC2(CC1)Cc1ccc(CCC3CC3)cc1C21N=C(N)N(C)O1. The molecule has 0 radical (unpaired) electrons. The number of fused-ring (bicyclic) bond motifs is 3. The molecule has 3 aliphatic carbocycles. The molecule has 1 heterocycles. The highest BCUT2D eigenvalue weighted by Gasteiger charge is 2.63. The molecule has 1 aliphatic heterocycles. The second-order valence-corrected chi connectivity index (χ2v) is 9.32. The van der Waals surface area contributed by atoms with Crippen LogP contribution in [0.3, 0.4) is 0 Å². The molecule has 1 aromatic carbocycles. The van der Waals surface area contributed by atoms with Crippen LogP contribution in [0.2, 0.25) is 0 Å². The van der Waals surface area contributed by atoms with E-state index in [-0.39, 0.29) is 5.41 Å². The normalized spacial score (nSPS) is 36.0. The first-order valence-electron chi connectivity index (χ1n) is 10.4. The number of nitrogens with zero attached hydrogens (tertiary/aromatic N) is 2. The molecule has 0 saturated heterocycles. The van der Waals surface area contributed by atoms with Crippen LogP contribution < -0.4 is 5.73 Å². The maximum atomic E-state index is 6.47. The van der Waals surface area contributed by atoms with Gasteiger partial charge in [-0.3, -0.25) is 0 Å². The lowest BCUT2D eigenvalue weighted by atomic mass is 9.65. The summed E-state index contributed by atoms with van der Waals surface area (Å²) in [4.78, 5) is 11.5. The minimum Gasteiger partial charge on any atom is -0.368 e. The molecule has 0 amide bonds. The first-order valence-corrected chi connectivity index (χ1v) is 10.4. The summed E-state index contributed by atoms with van der Waals surface area (Å²) in [6.45, 7) is 2.37. The summed E-state index contributed by atoms with van der Waals surface area (Å²) >= 11 is 0. The summed E-state index contributed by atoms with van der Waals surface area (Å²) in [5, 5.41) is 1.69. The van der Waals surface area contributed by atoms with Gasteiger partial charge in [0.05, 0.1) is 0 Å². The third-order valence-electron chi connectivity index (χ3n) is 7.42. The van der Waals surface area contributed by atoms with Crippen molar-refractivity contribution >= 4 is 5.96 Å². The van der Waals surface area contributed by atoms with Crippen molar-refractivity contribution in [2.75, 3.05) is 7.05 Å². The van der Waals surface area contributed by atoms with Crippen molar-refractivity contribution in [3.8, 4) is 0 Å². The van der Waals surface area contributed by atoms with Crippen molar-refractivity contribution in [1.29, 1.82) is 0 Å². The van der Waals surface area contributed by atoms with Gasteiger partial charge in [0.1, 0.15) is 0 Å². The third-order valence-corrected chi connectivity index (χ3v) is 7.42. The average molecular weight is 354 g/mol. The Morgan fingerprint density at radius 2 is 2.00 bits per heavy atom. The van der Waals surface area contributed by atoms with Crippen molar-refractivity contribution in [3.63, 3.8) is 0 Å². The van der Waals surface area contributed by atoms with Gasteiger partial charge in [0.2, 0.25) is 11.7 Å². The maximum Gasteiger partial charge on any atom is 0.220 e. The van der Waals surface area contributed by atoms with E-state index in [1.54, 1.807) is 5.06 Å². The topological polar surface area (TPSA) is 50.8 Å². The Morgan fingerprint density at radius 3 is 2.65 bits per heavy atom. The molecule has 4 heteroatoms. The average Bonchev–Trinajstić information content (AvgIpc) is 3.36. The molecule has 2 N–H and O–H groups in total. The summed E-state index contributed by atoms with van der Waals surface area (Å²) in [7, 11) is 1.89. The zero-order valence-electron chi connectivity index (χ0n) is 16.1. The molecule has 2 saturated carbocycles. The van der Waals surface area contributed by atoms with E-state index in [2.05, 4.69) is 25.1 Å². The van der Waals surface area contributed by atoms with E-state index in [1.165, 1.54) is 68.1 Å². The summed E-state index contributed by atoms with van der Waals surface area (Å²) in [6, 6.07) is 7.07. The van der Waals surface area contributed by atoms with Crippen LogP contribution in [-0.2, 0) is 23.4 Å². The summed E-state index contributed by atoms with van der Waals surface area (Å²) in [5.41, 5.74) is 9.80. The Labute approximate surface area is 156 Å². The van der Waals surface area contributed by atoms with Crippen LogP contribution in [0.15, 0.2) is 23.2 Å². The van der Waals surface area contributed by atoms with Gasteiger partial charge in [-0.2, -0.15) is 0 Å². The van der Waals surface area contributed by atoms with Crippen LogP contribution in [0, 0.1) is 17.3 Å². The zero-order valence-corrected chi connectivity index (χ0v) is 16.1. The fourth-order valence-corrected chi connectivity index (χ4v) is 5.45. The van der Waals surface area contributed by atoms with Crippen LogP contribution in [0.4, 0.5) is 0 Å². The van der Waals surface area contributed by atoms with Gasteiger partial charge in [0.25, 0.3) is 0 Å². The Morgan fingerprint density at radius 1 is 1.23 bits per heavy atom. The van der Waals surface area contributed by atoms with E-state index in [9.17, 15) is 0 Å². The quantitative estimate of drug-likeness (QED) is 0.889. The second kappa shape index (κ2) is 5.72. The van der Waals surface area contributed by atoms with Crippen molar-refractivity contribution in [3.05, 3.63) is 34.9 Å². The number of benzene rings is 1. The molecule has 0 bridgehead atoms. The number of aliphatic imine (C=N–C) groups is 1. The van der Waals surface area contributed by atoms with Crippen LogP contribution in [-0.4, -0.2) is 18.1 Å². The molecule has 140 valence electrons. The number of hydrogen-bond acceptors (Lipinski definition) is 4. The maximum absolute atomic E-state index is 6.47. The fourth-order valence-electron chi connectivity index (χ4n) is 5.45. The zero-order chi connectivity index (χ0) is 17.9. The summed E-state index contributed by atoms with van der Waals surface area (Å²) in [5.74, 6) is 2.28. The Balaban J connectivity index is 1.55. The minimum atomic E-state index is -0.600. The van der Waals surface area contributed by atoms with E-state index < -0.39 is 5.72 Å². The van der Waals surface area contributed by atoms with E-state index in [0.29, 0.717) is 5.96 Å². The monoisotopic (exact) mass is 353 g/mol. The molecule has 1 aromatic rings. The van der Waals surface area contributed by atoms with Gasteiger partial charge in [0.15, 0.2) is 0 Å². The molecule has 2 spiro atoms. The molecular formula is C22H31N3O. The molecule has 4 aliphatic rings. The van der Waals surface area contributed by atoms with Gasteiger partial charge < -0.3 is 5.73 Å². The highest BCUT2D eigenvalue weighted by Crippen LogP contribution is 2.62. The van der Waals surface area contributed by atoms with Gasteiger partial charge in [0, 0.05) is 18.0 Å². The molecule has 5 rings (SSSR count). The van der Waals surface area contributed by atoms with Crippen LogP contribution in [0.5, 0.6) is 0 Å². The highest BCUT2D eigenvalue weighted by molar-refractivity contribution is 5.79. The van der Waals surface area contributed by atoms with Crippen molar-refractivity contribution in [2.24, 2.45) is 28.0 Å². The molecule has 26 heavy (non-hydrogen) atoms. The van der Waals surface area contributed by atoms with Crippen LogP contribution in [0.25, 0.3) is 0 Å². The summed E-state index contributed by atoms with van der Waals surface area (Å²) in [6.07, 6.45) is 11.3. The first kappa shape index (κ1) is 16.6. The summed E-state index contributed by atoms with van der Waals surface area (Å²) < 4.78 is 0. The van der Waals surface area contributed by atoms with Crippen molar-refractivity contribution < 1.29 is 4.84 Å². The minimum absolute atomic E-state index is 0.0618. The number of aryl methyl sites for hydroxylation is 1. The van der Waals surface area contributed by atoms with E-state index >= 15 is 0 Å². The van der Waals surface area contributed by atoms with Crippen LogP contribution >= 0.6 is 0 Å². The fraction of sp³-hybridized carbons (Fsp3) is 0.682. The number of guanidine groups is 1. The molecule has 1 atom stereocenters. The predicted octanol–water partition coefficient (Wildman–Crippen LogP) is 4.13. The molecular weight excluding hydrogens is 322 g/mol. The number of nitrogens with two attached hydrogens (primary N) is 1. The number of rotatable bonds is 3. The molecule has 2 fully saturated rings. The van der Waals surface area contributed by atoms with E-state index in [4.69, 9.17) is 15.6 Å². The van der Waals surface area contributed by atoms with Gasteiger partial charge in [-0.05, 0) is 67.9 Å². The lowest BCUT2D eigenvalue weighted by Gasteiger charge is -2.44. The second-order valence-electron chi connectivity index (χ2n) is 9.32. The third kappa shape index (κ3) is 2.41. The van der Waals surface area contributed by atoms with Crippen molar-refractivity contribution in [2.45, 2.75) is 70.4 Å². The predicted molar refractivity (Wildman–Crippen MR) is 103 cm³/mol. The molecule has 0 aromatic heterocycles. The lowest BCUT2D eigenvalue weighted by molar-refractivity contribution is -0.230.